The van der Waals surface area contributed by atoms with E-state index in [4.69, 9.17) is 19.7 Å². The van der Waals surface area contributed by atoms with E-state index < -0.39 is 12.1 Å². The van der Waals surface area contributed by atoms with Crippen molar-refractivity contribution in [2.75, 3.05) is 27.3 Å². The first-order valence-corrected chi connectivity index (χ1v) is 17.7. The van der Waals surface area contributed by atoms with Gasteiger partial charge in [0.2, 0.25) is 12.8 Å². The number of hydrogen-bond donors (Lipinski definition) is 2. The van der Waals surface area contributed by atoms with E-state index in [0.29, 0.717) is 19.5 Å². The Bertz CT molecular complexity index is 2050. The summed E-state index contributed by atoms with van der Waals surface area (Å²) in [4.78, 5) is 76.0. The van der Waals surface area contributed by atoms with Crippen LogP contribution in [0.5, 0.6) is 0 Å². The molecule has 0 spiro atoms. The quantitative estimate of drug-likeness (QED) is 0.0622. The first-order chi connectivity index (χ1) is 26.0. The topological polar surface area (TPSA) is 160 Å². The van der Waals surface area contributed by atoms with Crippen LogP contribution in [0.1, 0.15) is 83.9 Å². The number of aromatic nitrogens is 4. The van der Waals surface area contributed by atoms with Gasteiger partial charge < -0.3 is 29.5 Å². The number of hydrogen-bond acceptors (Lipinski definition) is 10. The van der Waals surface area contributed by atoms with E-state index in [1.54, 1.807) is 0 Å². The van der Waals surface area contributed by atoms with Crippen LogP contribution in [-0.2, 0) is 35.6 Å². The highest BCUT2D eigenvalue weighted by molar-refractivity contribution is 5.86. The lowest BCUT2D eigenvalue weighted by atomic mass is 10.1. The van der Waals surface area contributed by atoms with Crippen molar-refractivity contribution in [1.82, 2.24) is 29.7 Å². The molecular weight excluding hydrogens is 676 g/mol. The predicted octanol–water partition coefficient (Wildman–Crippen LogP) is 5.90. The van der Waals surface area contributed by atoms with Crippen molar-refractivity contribution >= 4 is 35.6 Å². The lowest BCUT2D eigenvalue weighted by Crippen LogP contribution is -2.34. The minimum Gasteiger partial charge on any atom is -0.344 e. The molecule has 2 aliphatic heterocycles. The summed E-state index contributed by atoms with van der Waals surface area (Å²) in [5.41, 5.74) is 5.23. The number of amides is 2. The van der Waals surface area contributed by atoms with E-state index in [2.05, 4.69) is 41.9 Å². The lowest BCUT2D eigenvalue weighted by Gasteiger charge is -2.26. The lowest BCUT2D eigenvalue weighted by molar-refractivity contribution is -0.188. The molecule has 14 nitrogen and oxygen atoms in total. The van der Waals surface area contributed by atoms with Crippen LogP contribution >= 0.6 is 0 Å². The van der Waals surface area contributed by atoms with Crippen LogP contribution in [0.2, 0.25) is 0 Å². The maximum Gasteiger partial charge on any atom is 0.252 e. The molecule has 4 heterocycles. The Morgan fingerprint density at radius 2 is 1.36 bits per heavy atom. The second-order valence-electron chi connectivity index (χ2n) is 13.0. The van der Waals surface area contributed by atoms with Crippen molar-refractivity contribution in [3.63, 3.8) is 0 Å². The van der Waals surface area contributed by atoms with E-state index in [1.165, 1.54) is 14.2 Å². The largest absolute Gasteiger partial charge is 0.344 e. The summed E-state index contributed by atoms with van der Waals surface area (Å²) in [7, 11) is 2.77. The second-order valence-corrected chi connectivity index (χ2v) is 13.0. The maximum absolute atomic E-state index is 13.9. The zero-order chi connectivity index (χ0) is 36.6. The number of benzene rings is 3. The molecule has 14 heteroatoms. The van der Waals surface area contributed by atoms with Gasteiger partial charge >= 0.3 is 0 Å². The van der Waals surface area contributed by atoms with Gasteiger partial charge in [-0.15, -0.1) is 0 Å². The van der Waals surface area contributed by atoms with Gasteiger partial charge in [-0.1, -0.05) is 66.7 Å². The third kappa shape index (κ3) is 7.98. The maximum atomic E-state index is 13.9. The Hall–Kier alpha value is -5.86. The Kier molecular flexibility index (Phi) is 11.2. The van der Waals surface area contributed by atoms with E-state index in [-0.39, 0.29) is 23.9 Å². The molecule has 4 atom stereocenters. The zero-order valence-corrected chi connectivity index (χ0v) is 29.6. The molecule has 274 valence electrons. The van der Waals surface area contributed by atoms with E-state index in [9.17, 15) is 9.59 Å². The molecule has 2 fully saturated rings. The number of rotatable bonds is 14. The third-order valence-corrected chi connectivity index (χ3v) is 9.71. The number of carbonyl (C=O) groups excluding carboxylic acids is 2. The normalized spacial score (nSPS) is 18.7. The van der Waals surface area contributed by atoms with Crippen LogP contribution in [-0.4, -0.2) is 81.7 Å². The number of aliphatic imine (C=N–C) groups is 2. The molecule has 0 saturated carbocycles. The molecule has 5 aromatic rings. The molecular formula is C39H42N8O6. The number of likely N-dealkylation sites (tertiary alicyclic amines) is 2. The van der Waals surface area contributed by atoms with Gasteiger partial charge in [0.05, 0.1) is 37.3 Å². The van der Waals surface area contributed by atoms with Gasteiger partial charge in [-0.25, -0.2) is 20.0 Å². The number of H-pyrrole nitrogens is 2. The Morgan fingerprint density at radius 3 is 1.92 bits per heavy atom. The Morgan fingerprint density at radius 1 is 0.792 bits per heavy atom. The second kappa shape index (κ2) is 16.7. The Labute approximate surface area is 306 Å². The first-order valence-electron chi connectivity index (χ1n) is 17.7. The van der Waals surface area contributed by atoms with Gasteiger partial charge in [0.25, 0.3) is 11.8 Å². The monoisotopic (exact) mass is 718 g/mol. The fraction of sp³-hybridized carbons (Fsp3) is 0.333. The average Bonchev–Trinajstić information content (AvgIpc) is 4.02. The molecule has 0 bridgehead atoms. The smallest absolute Gasteiger partial charge is 0.252 e. The Balaban J connectivity index is 1.05. The predicted molar refractivity (Wildman–Crippen MR) is 196 cm³/mol. The summed E-state index contributed by atoms with van der Waals surface area (Å²) in [5, 5.41) is 0. The summed E-state index contributed by atoms with van der Waals surface area (Å²) in [6.07, 6.45) is 8.05. The van der Waals surface area contributed by atoms with Crippen molar-refractivity contribution in [2.45, 2.75) is 56.3 Å². The van der Waals surface area contributed by atoms with E-state index >= 15 is 0 Å². The van der Waals surface area contributed by atoms with Crippen LogP contribution in [0.4, 0.5) is 0 Å². The van der Waals surface area contributed by atoms with Crippen LogP contribution in [0.15, 0.2) is 95.0 Å². The number of carbonyl (C=O) groups is 2. The summed E-state index contributed by atoms with van der Waals surface area (Å²) in [6, 6.07) is 23.0. The van der Waals surface area contributed by atoms with E-state index in [1.807, 2.05) is 82.7 Å². The van der Waals surface area contributed by atoms with Gasteiger partial charge in [0.1, 0.15) is 11.6 Å². The van der Waals surface area contributed by atoms with Crippen LogP contribution in [0.3, 0.4) is 0 Å². The van der Waals surface area contributed by atoms with Crippen molar-refractivity contribution in [3.05, 3.63) is 119 Å². The molecule has 3 aromatic carbocycles. The fourth-order valence-electron chi connectivity index (χ4n) is 7.25. The van der Waals surface area contributed by atoms with Gasteiger partial charge in [-0.05, 0) is 54.5 Å². The van der Waals surface area contributed by atoms with Crippen molar-refractivity contribution in [2.24, 2.45) is 9.98 Å². The molecule has 2 saturated heterocycles. The van der Waals surface area contributed by atoms with Gasteiger partial charge in [-0.2, -0.15) is 9.78 Å². The number of aromatic amines is 2. The first kappa shape index (κ1) is 35.5. The number of nitrogens with one attached hydrogen (secondary N) is 2. The van der Waals surface area contributed by atoms with Crippen LogP contribution < -0.4 is 0 Å². The summed E-state index contributed by atoms with van der Waals surface area (Å²) >= 11 is 0. The SMILES string of the molecule is COO/C=N\[C@@H](C(=O)N1CCC[C@H]1c1ncc(Cc2ccc3[nH]c([C@@H]4CCCN4C(=O)[C@H](/N=C\OOC)c4ccccc4)nc3c2)[nH]1)c1ccccc1. The highest BCUT2D eigenvalue weighted by Crippen LogP contribution is 2.36. The van der Waals surface area contributed by atoms with Crippen LogP contribution in [0.25, 0.3) is 11.0 Å². The molecule has 53 heavy (non-hydrogen) atoms. The number of imidazole rings is 2. The van der Waals surface area contributed by atoms with Crippen molar-refractivity contribution in [1.29, 1.82) is 0 Å². The summed E-state index contributed by atoms with van der Waals surface area (Å²) < 4.78 is 0. The molecule has 2 aromatic heterocycles. The average molecular weight is 719 g/mol. The fourth-order valence-corrected chi connectivity index (χ4v) is 7.25. The standard InChI is InChI=1S/C39H42N8O6/c1-50-52-24-41-34(27-11-5-3-6-12-27)38(48)46-19-9-15-32(46)36-40-23-29(43-36)21-26-17-18-30-31(22-26)45-37(44-30)33-16-10-20-47(33)39(49)35(42-25-53-51-2)28-13-7-4-8-14-28/h3-8,11-14,17-18,22-25,32-35H,9-10,15-16,19-21H2,1-2H3,(H,40,43)(H,44,45)/b41-24-,42-25-/t32-,33-,34+,35+/m0/s1. The van der Waals surface area contributed by atoms with Crippen LogP contribution in [0, 0.1) is 0 Å². The zero-order valence-electron chi connectivity index (χ0n) is 29.6. The molecule has 2 amide bonds. The summed E-state index contributed by atoms with van der Waals surface area (Å²) in [5.74, 6) is 1.24. The van der Waals surface area contributed by atoms with Gasteiger partial charge in [0, 0.05) is 31.4 Å². The van der Waals surface area contributed by atoms with Crippen molar-refractivity contribution in [3.8, 4) is 0 Å². The van der Waals surface area contributed by atoms with E-state index in [0.717, 1.165) is 83.6 Å². The van der Waals surface area contributed by atoms with Gasteiger partial charge in [-0.3, -0.25) is 9.59 Å². The third-order valence-electron chi connectivity index (χ3n) is 9.71. The minimum atomic E-state index is -0.772. The minimum absolute atomic E-state index is 0.127. The molecule has 0 radical (unpaired) electrons. The van der Waals surface area contributed by atoms with Crippen molar-refractivity contribution < 1.29 is 29.1 Å². The molecule has 0 aliphatic carbocycles. The molecule has 0 unspecified atom stereocenters. The molecule has 2 N–H and O–H groups in total. The number of nitrogens with zero attached hydrogens (tertiary/aromatic N) is 6. The molecule has 7 rings (SSSR count). The van der Waals surface area contributed by atoms with Gasteiger partial charge in [0.15, 0.2) is 12.1 Å². The highest BCUT2D eigenvalue weighted by Gasteiger charge is 2.37. The highest BCUT2D eigenvalue weighted by atomic mass is 17.2. The summed E-state index contributed by atoms with van der Waals surface area (Å²) in [6.45, 7) is 1.21. The number of fused-ring (bicyclic) bond motifs is 1. The molecule has 2 aliphatic rings.